The van der Waals surface area contributed by atoms with Gasteiger partial charge < -0.3 is 15.4 Å². The van der Waals surface area contributed by atoms with E-state index >= 15 is 0 Å². The molecule has 1 saturated heterocycles. The molecule has 0 aromatic rings. The molecule has 1 aliphatic rings. The number of rotatable bonds is 4. The Hall–Kier alpha value is -0.610. The molecule has 0 aromatic heterocycles. The number of ether oxygens (including phenoxy) is 1. The highest BCUT2D eigenvalue weighted by Gasteiger charge is 2.25. The predicted molar refractivity (Wildman–Crippen MR) is 54.8 cm³/mol. The van der Waals surface area contributed by atoms with Gasteiger partial charge in [-0.25, -0.2) is 0 Å². The van der Waals surface area contributed by atoms with Gasteiger partial charge in [0.25, 0.3) is 0 Å². The molecule has 2 atom stereocenters. The molecule has 0 spiro atoms. The molecule has 14 heavy (non-hydrogen) atoms. The molecule has 2 N–H and O–H groups in total. The lowest BCUT2D eigenvalue weighted by Gasteiger charge is -2.21. The fourth-order valence-corrected chi connectivity index (χ4v) is 1.81. The predicted octanol–water partition coefficient (Wildman–Crippen LogP) is 0.219. The molecule has 1 fully saturated rings. The third kappa shape index (κ3) is 2.96. The Balaban J connectivity index is 2.41. The van der Waals surface area contributed by atoms with E-state index in [2.05, 4.69) is 0 Å². The fourth-order valence-electron chi connectivity index (χ4n) is 1.81. The topological polar surface area (TPSA) is 55.6 Å². The molecule has 4 nitrogen and oxygen atoms in total. The minimum Gasteiger partial charge on any atom is -0.378 e. The van der Waals surface area contributed by atoms with Gasteiger partial charge >= 0.3 is 0 Å². The first-order valence-electron chi connectivity index (χ1n) is 5.18. The lowest BCUT2D eigenvalue weighted by molar-refractivity contribution is -0.133. The molecule has 2 unspecified atom stereocenters. The molecule has 1 amide bonds. The van der Waals surface area contributed by atoms with Crippen molar-refractivity contribution in [3.05, 3.63) is 0 Å². The highest BCUT2D eigenvalue weighted by molar-refractivity contribution is 5.78. The largest absolute Gasteiger partial charge is 0.378 e. The second-order valence-corrected chi connectivity index (χ2v) is 4.04. The molecule has 1 aliphatic heterocycles. The molecule has 1 rings (SSSR count). The van der Waals surface area contributed by atoms with Gasteiger partial charge in [0, 0.05) is 27.2 Å². The van der Waals surface area contributed by atoms with Crippen LogP contribution in [-0.2, 0) is 9.53 Å². The van der Waals surface area contributed by atoms with Crippen molar-refractivity contribution < 1.29 is 9.53 Å². The first kappa shape index (κ1) is 11.5. The molecule has 0 radical (unpaired) electrons. The molecule has 0 saturated carbocycles. The molecule has 82 valence electrons. The summed E-state index contributed by atoms with van der Waals surface area (Å²) in [6, 6.07) is 0. The van der Waals surface area contributed by atoms with E-state index in [0.29, 0.717) is 6.54 Å². The van der Waals surface area contributed by atoms with Gasteiger partial charge in [0.15, 0.2) is 0 Å². The quantitative estimate of drug-likeness (QED) is 0.706. The first-order chi connectivity index (χ1) is 6.65. The van der Waals surface area contributed by atoms with Gasteiger partial charge in [-0.15, -0.1) is 0 Å². The zero-order valence-electron chi connectivity index (χ0n) is 9.03. The van der Waals surface area contributed by atoms with Crippen LogP contribution in [0.4, 0.5) is 0 Å². The second kappa shape index (κ2) is 5.32. The second-order valence-electron chi connectivity index (χ2n) is 4.04. The molecule has 0 aromatic carbocycles. The van der Waals surface area contributed by atoms with Crippen molar-refractivity contribution in [2.75, 3.05) is 27.2 Å². The van der Waals surface area contributed by atoms with E-state index in [4.69, 9.17) is 10.5 Å². The van der Waals surface area contributed by atoms with Crippen LogP contribution in [0.1, 0.15) is 19.3 Å². The average Bonchev–Trinajstić information content (AvgIpc) is 2.65. The van der Waals surface area contributed by atoms with Crippen LogP contribution in [0.15, 0.2) is 0 Å². The Morgan fingerprint density at radius 1 is 1.64 bits per heavy atom. The van der Waals surface area contributed by atoms with Gasteiger partial charge in [0.2, 0.25) is 5.91 Å². The van der Waals surface area contributed by atoms with Crippen LogP contribution in [0.3, 0.4) is 0 Å². The number of hydrogen-bond acceptors (Lipinski definition) is 3. The zero-order chi connectivity index (χ0) is 10.6. The van der Waals surface area contributed by atoms with Crippen molar-refractivity contribution in [1.82, 2.24) is 4.90 Å². The normalized spacial score (nSPS) is 23.5. The smallest absolute Gasteiger partial charge is 0.226 e. The van der Waals surface area contributed by atoms with E-state index in [-0.39, 0.29) is 17.9 Å². The van der Waals surface area contributed by atoms with E-state index in [1.54, 1.807) is 19.0 Å². The van der Waals surface area contributed by atoms with E-state index in [1.165, 1.54) is 0 Å². The molecule has 0 bridgehead atoms. The van der Waals surface area contributed by atoms with Gasteiger partial charge in [0.1, 0.15) is 0 Å². The monoisotopic (exact) mass is 200 g/mol. The van der Waals surface area contributed by atoms with Gasteiger partial charge in [-0.2, -0.15) is 0 Å². The number of carbonyl (C=O) groups is 1. The SMILES string of the molecule is CN(C)C(=O)C(CN)CC1CCCO1. The van der Waals surface area contributed by atoms with Crippen LogP contribution < -0.4 is 5.73 Å². The van der Waals surface area contributed by atoms with Crippen LogP contribution in [-0.4, -0.2) is 44.2 Å². The van der Waals surface area contributed by atoms with Gasteiger partial charge in [-0.05, 0) is 19.3 Å². The maximum absolute atomic E-state index is 11.7. The van der Waals surface area contributed by atoms with Crippen LogP contribution in [0.25, 0.3) is 0 Å². The summed E-state index contributed by atoms with van der Waals surface area (Å²) in [4.78, 5) is 13.3. The minimum atomic E-state index is -0.0758. The van der Waals surface area contributed by atoms with Crippen molar-refractivity contribution in [3.8, 4) is 0 Å². The number of hydrogen-bond donors (Lipinski definition) is 1. The summed E-state index contributed by atoms with van der Waals surface area (Å²) in [6.45, 7) is 1.25. The maximum Gasteiger partial charge on any atom is 0.226 e. The van der Waals surface area contributed by atoms with E-state index in [1.807, 2.05) is 0 Å². The lowest BCUT2D eigenvalue weighted by Crippen LogP contribution is -2.36. The minimum absolute atomic E-state index is 0.0758. The zero-order valence-corrected chi connectivity index (χ0v) is 9.03. The van der Waals surface area contributed by atoms with Crippen LogP contribution in [0.2, 0.25) is 0 Å². The molecular weight excluding hydrogens is 180 g/mol. The van der Waals surface area contributed by atoms with Crippen LogP contribution in [0.5, 0.6) is 0 Å². The summed E-state index contributed by atoms with van der Waals surface area (Å²) >= 11 is 0. The van der Waals surface area contributed by atoms with Crippen molar-refractivity contribution in [3.63, 3.8) is 0 Å². The number of nitrogens with zero attached hydrogens (tertiary/aromatic N) is 1. The van der Waals surface area contributed by atoms with Gasteiger partial charge in [-0.1, -0.05) is 0 Å². The van der Waals surface area contributed by atoms with E-state index in [0.717, 1.165) is 25.9 Å². The third-order valence-electron chi connectivity index (χ3n) is 2.65. The standard InChI is InChI=1S/C10H20N2O2/c1-12(2)10(13)8(7-11)6-9-4-3-5-14-9/h8-9H,3-7,11H2,1-2H3. The van der Waals surface area contributed by atoms with Crippen LogP contribution >= 0.6 is 0 Å². The molecule has 1 heterocycles. The lowest BCUT2D eigenvalue weighted by atomic mass is 9.99. The van der Waals surface area contributed by atoms with Crippen molar-refractivity contribution >= 4 is 5.91 Å². The summed E-state index contributed by atoms with van der Waals surface area (Å²) in [6.07, 6.45) is 3.19. The van der Waals surface area contributed by atoms with Gasteiger partial charge in [0.05, 0.1) is 12.0 Å². The Morgan fingerprint density at radius 3 is 2.79 bits per heavy atom. The van der Waals surface area contributed by atoms with E-state index < -0.39 is 0 Å². The molecule has 4 heteroatoms. The average molecular weight is 200 g/mol. The maximum atomic E-state index is 11.7. The Bertz CT molecular complexity index is 189. The summed E-state index contributed by atoms with van der Waals surface area (Å²) in [5, 5.41) is 0. The Kier molecular flexibility index (Phi) is 4.35. The van der Waals surface area contributed by atoms with Crippen LogP contribution in [0, 0.1) is 5.92 Å². The molecule has 0 aliphatic carbocycles. The van der Waals surface area contributed by atoms with Crippen molar-refractivity contribution in [2.45, 2.75) is 25.4 Å². The number of carbonyl (C=O) groups excluding carboxylic acids is 1. The number of amides is 1. The highest BCUT2D eigenvalue weighted by Crippen LogP contribution is 2.20. The van der Waals surface area contributed by atoms with Gasteiger partial charge in [-0.3, -0.25) is 4.79 Å². The Labute approximate surface area is 85.4 Å². The first-order valence-corrected chi connectivity index (χ1v) is 5.18. The Morgan fingerprint density at radius 2 is 2.36 bits per heavy atom. The highest BCUT2D eigenvalue weighted by atomic mass is 16.5. The van der Waals surface area contributed by atoms with E-state index in [9.17, 15) is 4.79 Å². The summed E-state index contributed by atoms with van der Waals surface area (Å²) in [7, 11) is 3.53. The van der Waals surface area contributed by atoms with Crippen molar-refractivity contribution in [1.29, 1.82) is 0 Å². The summed E-state index contributed by atoms with van der Waals surface area (Å²) in [5.41, 5.74) is 5.59. The third-order valence-corrected chi connectivity index (χ3v) is 2.65. The fraction of sp³-hybridized carbons (Fsp3) is 0.900. The van der Waals surface area contributed by atoms with Crippen molar-refractivity contribution in [2.24, 2.45) is 11.7 Å². The summed E-state index contributed by atoms with van der Waals surface area (Å²) < 4.78 is 5.49. The number of nitrogens with two attached hydrogens (primary N) is 1. The molecular formula is C10H20N2O2. The summed E-state index contributed by atoms with van der Waals surface area (Å²) in [5.74, 6) is 0.0381.